The fourth-order valence-corrected chi connectivity index (χ4v) is 2.51. The van der Waals surface area contributed by atoms with Gasteiger partial charge in [0.05, 0.1) is 5.69 Å². The zero-order chi connectivity index (χ0) is 15.0. The lowest BCUT2D eigenvalue weighted by Crippen LogP contribution is -2.31. The molecule has 2 aromatic rings. The van der Waals surface area contributed by atoms with Crippen LogP contribution < -0.4 is 5.46 Å². The van der Waals surface area contributed by atoms with E-state index >= 15 is 0 Å². The molecule has 2 heterocycles. The highest BCUT2D eigenvalue weighted by molar-refractivity contribution is 6.61. The summed E-state index contributed by atoms with van der Waals surface area (Å²) in [6.07, 6.45) is 5.33. The van der Waals surface area contributed by atoms with Gasteiger partial charge >= 0.3 is 7.12 Å². The van der Waals surface area contributed by atoms with Crippen LogP contribution in [0.25, 0.3) is 16.6 Å². The lowest BCUT2D eigenvalue weighted by Gasteiger charge is -2.17. The molecule has 0 aromatic carbocycles. The molecule has 2 N–H and O–H groups in total. The molecule has 6 heteroatoms. The van der Waals surface area contributed by atoms with Gasteiger partial charge in [-0.15, -0.1) is 0 Å². The smallest absolute Gasteiger partial charge is 0.423 e. The van der Waals surface area contributed by atoms with Gasteiger partial charge < -0.3 is 10.0 Å². The van der Waals surface area contributed by atoms with Gasteiger partial charge in [-0.1, -0.05) is 19.1 Å². The van der Waals surface area contributed by atoms with Gasteiger partial charge in [-0.05, 0) is 36.0 Å². The van der Waals surface area contributed by atoms with Gasteiger partial charge in [-0.25, -0.2) is 14.4 Å². The van der Waals surface area contributed by atoms with Gasteiger partial charge in [0.25, 0.3) is 0 Å². The Morgan fingerprint density at radius 2 is 2.19 bits per heavy atom. The van der Waals surface area contributed by atoms with Crippen molar-refractivity contribution >= 4 is 29.2 Å². The van der Waals surface area contributed by atoms with Crippen molar-refractivity contribution < 1.29 is 14.4 Å². The number of allylic oxidation sites excluding steroid dienone is 4. The Kier molecular flexibility index (Phi) is 3.57. The molecule has 2 aromatic heterocycles. The topological polar surface area (TPSA) is 66.2 Å². The number of hydrogen-bond acceptors (Lipinski definition) is 4. The van der Waals surface area contributed by atoms with Gasteiger partial charge in [0.2, 0.25) is 0 Å². The summed E-state index contributed by atoms with van der Waals surface area (Å²) in [7, 11) is -1.65. The van der Waals surface area contributed by atoms with Crippen LogP contribution in [0, 0.1) is 5.92 Å². The van der Waals surface area contributed by atoms with E-state index in [1.807, 2.05) is 6.92 Å². The molecule has 4 nitrogen and oxygen atoms in total. The van der Waals surface area contributed by atoms with Crippen LogP contribution in [0.2, 0.25) is 0 Å². The van der Waals surface area contributed by atoms with Gasteiger partial charge in [0.15, 0.2) is 5.65 Å². The maximum Gasteiger partial charge on any atom is 0.489 e. The molecule has 0 fully saturated rings. The SMILES string of the molecule is CC1C=CC(F)=C(c2cc(B(O)O)c3cccnc3n2)C1. The second-order valence-electron chi connectivity index (χ2n) is 5.21. The number of nitrogens with zero attached hydrogens (tertiary/aromatic N) is 2. The molecule has 0 amide bonds. The molecule has 106 valence electrons. The van der Waals surface area contributed by atoms with Crippen LogP contribution in [0.15, 0.2) is 42.4 Å². The maximum absolute atomic E-state index is 14.0. The standard InChI is InChI=1S/C15H14BFN2O2/c1-9-4-5-13(17)11(7-9)14-8-12(16(20)21)10-3-2-6-18-15(10)19-14/h2-6,8-9,20-21H,7H2,1H3. The van der Waals surface area contributed by atoms with Crippen LogP contribution in [0.4, 0.5) is 4.39 Å². The average Bonchev–Trinajstić information content (AvgIpc) is 2.48. The number of halogens is 1. The zero-order valence-electron chi connectivity index (χ0n) is 11.5. The van der Waals surface area contributed by atoms with Crippen molar-refractivity contribution in [3.05, 3.63) is 48.1 Å². The molecule has 0 saturated heterocycles. The van der Waals surface area contributed by atoms with E-state index in [1.165, 1.54) is 12.1 Å². The van der Waals surface area contributed by atoms with E-state index in [1.54, 1.807) is 24.4 Å². The Morgan fingerprint density at radius 1 is 1.38 bits per heavy atom. The fourth-order valence-electron chi connectivity index (χ4n) is 2.51. The van der Waals surface area contributed by atoms with Crippen LogP contribution in [-0.2, 0) is 0 Å². The Bertz CT molecular complexity index is 758. The number of rotatable bonds is 2. The summed E-state index contributed by atoms with van der Waals surface area (Å²) in [5, 5.41) is 19.6. The molecule has 3 rings (SSSR count). The second-order valence-corrected chi connectivity index (χ2v) is 5.21. The summed E-state index contributed by atoms with van der Waals surface area (Å²) in [6, 6.07) is 4.93. The lowest BCUT2D eigenvalue weighted by atomic mass is 9.77. The minimum Gasteiger partial charge on any atom is -0.423 e. The van der Waals surface area contributed by atoms with E-state index < -0.39 is 7.12 Å². The van der Waals surface area contributed by atoms with Crippen LogP contribution in [0.3, 0.4) is 0 Å². The van der Waals surface area contributed by atoms with E-state index in [0.717, 1.165) is 0 Å². The predicted octanol–water partition coefficient (Wildman–Crippen LogP) is 1.59. The van der Waals surface area contributed by atoms with Gasteiger partial charge in [-0.3, -0.25) is 0 Å². The number of aromatic nitrogens is 2. The van der Waals surface area contributed by atoms with E-state index in [4.69, 9.17) is 0 Å². The van der Waals surface area contributed by atoms with E-state index in [0.29, 0.717) is 28.7 Å². The zero-order valence-corrected chi connectivity index (χ0v) is 11.5. The molecule has 0 saturated carbocycles. The van der Waals surface area contributed by atoms with Crippen molar-refractivity contribution in [1.29, 1.82) is 0 Å². The van der Waals surface area contributed by atoms with Crippen LogP contribution in [0.5, 0.6) is 0 Å². The molecule has 0 bridgehead atoms. The molecule has 1 aliphatic rings. The summed E-state index contributed by atoms with van der Waals surface area (Å²) in [4.78, 5) is 8.49. The summed E-state index contributed by atoms with van der Waals surface area (Å²) in [5.41, 5.74) is 1.53. The van der Waals surface area contributed by atoms with Crippen molar-refractivity contribution in [2.45, 2.75) is 13.3 Å². The third-order valence-corrected chi connectivity index (χ3v) is 3.59. The molecule has 0 aliphatic heterocycles. The first-order valence-electron chi connectivity index (χ1n) is 6.75. The first kappa shape index (κ1) is 13.9. The van der Waals surface area contributed by atoms with Crippen molar-refractivity contribution in [2.24, 2.45) is 5.92 Å². The molecule has 0 radical (unpaired) electrons. The summed E-state index contributed by atoms with van der Waals surface area (Å²) in [5.74, 6) is -0.127. The Hall–Kier alpha value is -2.05. The highest BCUT2D eigenvalue weighted by atomic mass is 19.1. The highest BCUT2D eigenvalue weighted by Gasteiger charge is 2.22. The van der Waals surface area contributed by atoms with E-state index in [2.05, 4.69) is 9.97 Å². The van der Waals surface area contributed by atoms with E-state index in [-0.39, 0.29) is 17.2 Å². The normalized spacial score (nSPS) is 18.4. The monoisotopic (exact) mass is 284 g/mol. The molecular weight excluding hydrogens is 270 g/mol. The third-order valence-electron chi connectivity index (χ3n) is 3.59. The third kappa shape index (κ3) is 2.60. The maximum atomic E-state index is 14.0. The lowest BCUT2D eigenvalue weighted by molar-refractivity contribution is 0.426. The van der Waals surface area contributed by atoms with Crippen molar-refractivity contribution in [3.8, 4) is 0 Å². The molecule has 1 atom stereocenters. The minimum absolute atomic E-state index is 0.211. The first-order chi connectivity index (χ1) is 10.1. The number of hydrogen-bond donors (Lipinski definition) is 2. The largest absolute Gasteiger partial charge is 0.489 e. The minimum atomic E-state index is -1.65. The van der Waals surface area contributed by atoms with Gasteiger partial charge in [0, 0.05) is 17.2 Å². The molecular formula is C15H14BFN2O2. The Balaban J connectivity index is 2.22. The van der Waals surface area contributed by atoms with Gasteiger partial charge in [0.1, 0.15) is 5.83 Å². The first-order valence-corrected chi connectivity index (χ1v) is 6.75. The fraction of sp³-hybridized carbons (Fsp3) is 0.200. The van der Waals surface area contributed by atoms with Crippen LogP contribution >= 0.6 is 0 Å². The molecule has 0 spiro atoms. The number of pyridine rings is 2. The van der Waals surface area contributed by atoms with Gasteiger partial charge in [-0.2, -0.15) is 0 Å². The van der Waals surface area contributed by atoms with Crippen molar-refractivity contribution in [3.63, 3.8) is 0 Å². The second kappa shape index (κ2) is 5.39. The quantitative estimate of drug-likeness (QED) is 0.822. The molecule has 21 heavy (non-hydrogen) atoms. The van der Waals surface area contributed by atoms with Crippen LogP contribution in [0.1, 0.15) is 19.0 Å². The Morgan fingerprint density at radius 3 is 2.95 bits per heavy atom. The molecule has 1 unspecified atom stereocenters. The Labute approximate surface area is 121 Å². The van der Waals surface area contributed by atoms with Crippen LogP contribution in [-0.4, -0.2) is 27.1 Å². The van der Waals surface area contributed by atoms with Crippen molar-refractivity contribution in [1.82, 2.24) is 9.97 Å². The van der Waals surface area contributed by atoms with E-state index in [9.17, 15) is 14.4 Å². The van der Waals surface area contributed by atoms with Crippen molar-refractivity contribution in [2.75, 3.05) is 0 Å². The average molecular weight is 284 g/mol. The summed E-state index contributed by atoms with van der Waals surface area (Å²) in [6.45, 7) is 1.99. The molecule has 1 aliphatic carbocycles. The predicted molar refractivity (Wildman–Crippen MR) is 80.3 cm³/mol. The summed E-state index contributed by atoms with van der Waals surface area (Å²) >= 11 is 0. The summed E-state index contributed by atoms with van der Waals surface area (Å²) < 4.78 is 14.0. The number of fused-ring (bicyclic) bond motifs is 1. The highest BCUT2D eigenvalue weighted by Crippen LogP contribution is 2.31.